The van der Waals surface area contributed by atoms with Gasteiger partial charge in [-0.15, -0.1) is 11.3 Å². The number of hydrogen-bond acceptors (Lipinski definition) is 6. The van der Waals surface area contributed by atoms with Crippen LogP contribution in [-0.4, -0.2) is 41.2 Å². The Kier molecular flexibility index (Phi) is 6.10. The van der Waals surface area contributed by atoms with E-state index in [1.807, 2.05) is 0 Å². The Balaban J connectivity index is 2.59. The summed E-state index contributed by atoms with van der Waals surface area (Å²) in [5, 5.41) is 15.7. The lowest BCUT2D eigenvalue weighted by molar-refractivity contribution is -0.143. The molecule has 0 saturated carbocycles. The third-order valence-electron chi connectivity index (χ3n) is 2.54. The van der Waals surface area contributed by atoms with E-state index in [1.54, 1.807) is 19.2 Å². The van der Waals surface area contributed by atoms with Crippen LogP contribution in [0.5, 0.6) is 0 Å². The molecule has 2 amide bonds. The van der Waals surface area contributed by atoms with Crippen molar-refractivity contribution in [2.75, 3.05) is 12.4 Å². The monoisotopic (exact) mass is 315 g/mol. The van der Waals surface area contributed by atoms with Gasteiger partial charge in [-0.1, -0.05) is 13.8 Å². The van der Waals surface area contributed by atoms with Gasteiger partial charge < -0.3 is 15.2 Å². The van der Waals surface area contributed by atoms with Gasteiger partial charge in [0, 0.05) is 5.38 Å². The number of aliphatic carboxylic acids is 1. The molecular formula is C12H17N3O5S. The molecule has 0 radical (unpaired) electrons. The summed E-state index contributed by atoms with van der Waals surface area (Å²) in [4.78, 5) is 37.8. The van der Waals surface area contributed by atoms with Crippen molar-refractivity contribution >= 4 is 34.4 Å². The number of nitrogens with one attached hydrogen (secondary N) is 2. The number of ether oxygens (including phenoxy) is 1. The van der Waals surface area contributed by atoms with Crippen LogP contribution in [0.2, 0.25) is 0 Å². The lowest BCUT2D eigenvalue weighted by Crippen LogP contribution is -2.44. The SMILES string of the molecule is COC(=O)Nc1nc(CC(=O)NC(C(=O)O)C(C)C)cs1. The van der Waals surface area contributed by atoms with Gasteiger partial charge in [-0.25, -0.2) is 14.6 Å². The van der Waals surface area contributed by atoms with Crippen molar-refractivity contribution in [1.82, 2.24) is 10.3 Å². The molecule has 1 aromatic rings. The van der Waals surface area contributed by atoms with Gasteiger partial charge in [0.2, 0.25) is 5.91 Å². The standard InChI is InChI=1S/C12H17N3O5S/c1-6(2)9(10(17)18)14-8(16)4-7-5-21-11(13-7)15-12(19)20-3/h5-6,9H,4H2,1-3H3,(H,14,16)(H,17,18)(H,13,15,19). The Morgan fingerprint density at radius 1 is 1.43 bits per heavy atom. The van der Waals surface area contributed by atoms with Gasteiger partial charge >= 0.3 is 12.1 Å². The molecule has 0 aliphatic rings. The minimum absolute atomic E-state index is 0.0597. The number of amides is 2. The Hall–Kier alpha value is -2.16. The molecular weight excluding hydrogens is 298 g/mol. The van der Waals surface area contributed by atoms with Crippen LogP contribution in [-0.2, 0) is 20.7 Å². The van der Waals surface area contributed by atoms with Crippen LogP contribution in [0.15, 0.2) is 5.38 Å². The van der Waals surface area contributed by atoms with E-state index < -0.39 is 24.0 Å². The number of carbonyl (C=O) groups excluding carboxylic acids is 2. The van der Waals surface area contributed by atoms with Crippen molar-refractivity contribution in [2.24, 2.45) is 5.92 Å². The molecule has 9 heteroatoms. The number of hydrogen-bond donors (Lipinski definition) is 3. The van der Waals surface area contributed by atoms with Gasteiger partial charge in [0.1, 0.15) is 6.04 Å². The van der Waals surface area contributed by atoms with Crippen molar-refractivity contribution < 1.29 is 24.2 Å². The smallest absolute Gasteiger partial charge is 0.413 e. The van der Waals surface area contributed by atoms with Crippen molar-refractivity contribution in [2.45, 2.75) is 26.3 Å². The molecule has 3 N–H and O–H groups in total. The van der Waals surface area contributed by atoms with Gasteiger partial charge in [0.25, 0.3) is 0 Å². The minimum atomic E-state index is -1.08. The van der Waals surface area contributed by atoms with Gasteiger partial charge in [0.15, 0.2) is 5.13 Å². The average Bonchev–Trinajstić information content (AvgIpc) is 2.82. The zero-order valence-electron chi connectivity index (χ0n) is 11.9. The fraction of sp³-hybridized carbons (Fsp3) is 0.500. The maximum atomic E-state index is 11.8. The predicted octanol–water partition coefficient (Wildman–Crippen LogP) is 1.09. The number of rotatable bonds is 6. The third kappa shape index (κ3) is 5.38. The second-order valence-corrected chi connectivity index (χ2v) is 5.42. The summed E-state index contributed by atoms with van der Waals surface area (Å²) in [7, 11) is 1.23. The van der Waals surface area contributed by atoms with Gasteiger partial charge in [-0.05, 0) is 5.92 Å². The summed E-state index contributed by atoms with van der Waals surface area (Å²) in [5.41, 5.74) is 0.441. The molecule has 21 heavy (non-hydrogen) atoms. The van der Waals surface area contributed by atoms with Crippen molar-refractivity contribution in [3.05, 3.63) is 11.1 Å². The lowest BCUT2D eigenvalue weighted by atomic mass is 10.0. The number of aromatic nitrogens is 1. The number of methoxy groups -OCH3 is 1. The molecule has 1 heterocycles. The number of carbonyl (C=O) groups is 3. The Morgan fingerprint density at radius 2 is 2.10 bits per heavy atom. The van der Waals surface area contributed by atoms with E-state index in [9.17, 15) is 14.4 Å². The molecule has 0 aliphatic heterocycles. The van der Waals surface area contributed by atoms with Gasteiger partial charge in [-0.3, -0.25) is 10.1 Å². The highest BCUT2D eigenvalue weighted by Crippen LogP contribution is 2.16. The first-order chi connectivity index (χ1) is 9.83. The first kappa shape index (κ1) is 16.9. The van der Waals surface area contributed by atoms with Gasteiger partial charge in [0.05, 0.1) is 19.2 Å². The number of nitrogens with zero attached hydrogens (tertiary/aromatic N) is 1. The van der Waals surface area contributed by atoms with Crippen LogP contribution < -0.4 is 10.6 Å². The molecule has 1 aromatic heterocycles. The van der Waals surface area contributed by atoms with E-state index in [2.05, 4.69) is 20.4 Å². The Morgan fingerprint density at radius 3 is 2.62 bits per heavy atom. The van der Waals surface area contributed by atoms with Crippen molar-refractivity contribution in [3.8, 4) is 0 Å². The predicted molar refractivity (Wildman–Crippen MR) is 76.3 cm³/mol. The van der Waals surface area contributed by atoms with E-state index in [0.29, 0.717) is 10.8 Å². The number of carboxylic acids is 1. The van der Waals surface area contributed by atoms with Crippen LogP contribution in [0.1, 0.15) is 19.5 Å². The second-order valence-electron chi connectivity index (χ2n) is 4.56. The average molecular weight is 315 g/mol. The normalized spacial score (nSPS) is 11.8. The Labute approximate surface area is 125 Å². The fourth-order valence-electron chi connectivity index (χ4n) is 1.49. The third-order valence-corrected chi connectivity index (χ3v) is 3.34. The maximum Gasteiger partial charge on any atom is 0.413 e. The molecule has 1 unspecified atom stereocenters. The van der Waals surface area contributed by atoms with Crippen LogP contribution in [0, 0.1) is 5.92 Å². The van der Waals surface area contributed by atoms with Crippen molar-refractivity contribution in [3.63, 3.8) is 0 Å². The minimum Gasteiger partial charge on any atom is -0.480 e. The molecule has 8 nitrogen and oxygen atoms in total. The first-order valence-electron chi connectivity index (χ1n) is 6.15. The highest BCUT2D eigenvalue weighted by molar-refractivity contribution is 7.13. The summed E-state index contributed by atoms with van der Waals surface area (Å²) in [6, 6.07) is -0.941. The highest BCUT2D eigenvalue weighted by atomic mass is 32.1. The van der Waals surface area contributed by atoms with E-state index in [-0.39, 0.29) is 12.3 Å². The zero-order chi connectivity index (χ0) is 16.0. The maximum absolute atomic E-state index is 11.8. The molecule has 1 atom stereocenters. The largest absolute Gasteiger partial charge is 0.480 e. The summed E-state index contributed by atoms with van der Waals surface area (Å²) in [5.74, 6) is -1.74. The summed E-state index contributed by atoms with van der Waals surface area (Å²) in [6.07, 6.45) is -0.707. The summed E-state index contributed by atoms with van der Waals surface area (Å²) >= 11 is 1.15. The molecule has 0 aromatic carbocycles. The topological polar surface area (TPSA) is 118 Å². The lowest BCUT2D eigenvalue weighted by Gasteiger charge is -2.17. The first-order valence-corrected chi connectivity index (χ1v) is 7.03. The molecule has 0 saturated heterocycles. The molecule has 0 aliphatic carbocycles. The number of thiazole rings is 1. The molecule has 116 valence electrons. The van der Waals surface area contributed by atoms with Gasteiger partial charge in [-0.2, -0.15) is 0 Å². The number of carboxylic acid groups (broad SMARTS) is 1. The second kappa shape index (κ2) is 7.58. The molecule has 0 bridgehead atoms. The molecule has 0 fully saturated rings. The fourth-order valence-corrected chi connectivity index (χ4v) is 2.18. The summed E-state index contributed by atoms with van der Waals surface area (Å²) < 4.78 is 4.42. The van der Waals surface area contributed by atoms with Crippen LogP contribution in [0.4, 0.5) is 9.93 Å². The number of anilines is 1. The van der Waals surface area contributed by atoms with Crippen LogP contribution >= 0.6 is 11.3 Å². The van der Waals surface area contributed by atoms with E-state index in [0.717, 1.165) is 11.3 Å². The highest BCUT2D eigenvalue weighted by Gasteiger charge is 2.23. The Bertz CT molecular complexity index is 529. The summed E-state index contributed by atoms with van der Waals surface area (Å²) in [6.45, 7) is 3.42. The quantitative estimate of drug-likeness (QED) is 0.723. The molecule has 0 spiro atoms. The van der Waals surface area contributed by atoms with E-state index >= 15 is 0 Å². The van der Waals surface area contributed by atoms with Crippen LogP contribution in [0.25, 0.3) is 0 Å². The molecule has 1 rings (SSSR count). The van der Waals surface area contributed by atoms with Crippen LogP contribution in [0.3, 0.4) is 0 Å². The van der Waals surface area contributed by atoms with E-state index in [4.69, 9.17) is 5.11 Å². The van der Waals surface area contributed by atoms with Crippen molar-refractivity contribution in [1.29, 1.82) is 0 Å². The zero-order valence-corrected chi connectivity index (χ0v) is 12.7. The van der Waals surface area contributed by atoms with E-state index in [1.165, 1.54) is 7.11 Å².